The van der Waals surface area contributed by atoms with Crippen LogP contribution in [0, 0.1) is 20.8 Å². The number of nitrogens with zero attached hydrogens (tertiary/aromatic N) is 6. The minimum atomic E-state index is -0.270. The zero-order valence-corrected chi connectivity index (χ0v) is 18.2. The fraction of sp³-hybridized carbons (Fsp3) is 0.273. The van der Waals surface area contributed by atoms with Gasteiger partial charge in [-0.15, -0.1) is 0 Å². The van der Waals surface area contributed by atoms with Crippen LogP contribution in [0.5, 0.6) is 0 Å². The second-order valence-corrected chi connectivity index (χ2v) is 7.47. The van der Waals surface area contributed by atoms with Gasteiger partial charge in [0.25, 0.3) is 5.56 Å². The predicted octanol–water partition coefficient (Wildman–Crippen LogP) is 1.53. The molecule has 0 aliphatic carbocycles. The first-order valence-electron chi connectivity index (χ1n) is 10.2. The molecule has 3 aromatic heterocycles. The minimum Gasteiger partial charge on any atom is -0.368 e. The highest BCUT2D eigenvalue weighted by atomic mass is 16.2. The number of aromatic nitrogens is 6. The van der Waals surface area contributed by atoms with E-state index < -0.39 is 0 Å². The Hall–Kier alpha value is -4.08. The molecule has 32 heavy (non-hydrogen) atoms. The van der Waals surface area contributed by atoms with Gasteiger partial charge >= 0.3 is 0 Å². The van der Waals surface area contributed by atoms with Gasteiger partial charge in [-0.05, 0) is 39.0 Å². The van der Waals surface area contributed by atoms with Crippen LogP contribution < -0.4 is 16.2 Å². The van der Waals surface area contributed by atoms with Crippen LogP contribution in [0.25, 0.3) is 16.7 Å². The Morgan fingerprint density at radius 3 is 2.66 bits per heavy atom. The summed E-state index contributed by atoms with van der Waals surface area (Å²) in [7, 11) is 0. The van der Waals surface area contributed by atoms with E-state index >= 15 is 0 Å². The molecule has 0 fully saturated rings. The molecular weight excluding hydrogens is 408 g/mol. The molecule has 1 amide bonds. The zero-order valence-electron chi connectivity index (χ0n) is 18.2. The lowest BCUT2D eigenvalue weighted by Crippen LogP contribution is -2.35. The monoisotopic (exact) mass is 432 g/mol. The second-order valence-electron chi connectivity index (χ2n) is 7.47. The van der Waals surface area contributed by atoms with Crippen LogP contribution in [0.15, 0.2) is 47.5 Å². The number of carbonyl (C=O) groups excluding carboxylic acids is 1. The molecule has 0 aliphatic rings. The molecule has 0 saturated heterocycles. The molecule has 2 N–H and O–H groups in total. The van der Waals surface area contributed by atoms with Crippen molar-refractivity contribution in [2.75, 3.05) is 18.4 Å². The van der Waals surface area contributed by atoms with Crippen molar-refractivity contribution in [1.29, 1.82) is 0 Å². The van der Waals surface area contributed by atoms with E-state index in [1.165, 1.54) is 10.9 Å². The molecule has 0 bridgehead atoms. The SMILES string of the molecule is Cc1cc(C)n(-c2cc(NCCNC(=O)Cn3cnc4ccccc4c3=O)nc(C)n2)n1. The van der Waals surface area contributed by atoms with Gasteiger partial charge in [0.15, 0.2) is 5.82 Å². The topological polar surface area (TPSA) is 120 Å². The molecule has 164 valence electrons. The number of fused-ring (bicyclic) bond motifs is 1. The van der Waals surface area contributed by atoms with E-state index in [0.717, 1.165) is 11.4 Å². The summed E-state index contributed by atoms with van der Waals surface area (Å²) >= 11 is 0. The van der Waals surface area contributed by atoms with Crippen molar-refractivity contribution < 1.29 is 4.79 Å². The van der Waals surface area contributed by atoms with Gasteiger partial charge < -0.3 is 10.6 Å². The summed E-state index contributed by atoms with van der Waals surface area (Å²) < 4.78 is 3.08. The molecule has 0 aliphatic heterocycles. The maximum absolute atomic E-state index is 12.5. The number of para-hydroxylation sites is 1. The largest absolute Gasteiger partial charge is 0.368 e. The molecular formula is C22H24N8O2. The number of nitrogens with one attached hydrogen (secondary N) is 2. The molecule has 4 rings (SSSR count). The van der Waals surface area contributed by atoms with Crippen LogP contribution in [0.2, 0.25) is 0 Å². The third-order valence-corrected chi connectivity index (χ3v) is 4.85. The van der Waals surface area contributed by atoms with Crippen molar-refractivity contribution in [3.05, 3.63) is 70.3 Å². The summed E-state index contributed by atoms with van der Waals surface area (Å²) in [5, 5.41) is 10.9. The van der Waals surface area contributed by atoms with Crippen molar-refractivity contribution >= 4 is 22.6 Å². The van der Waals surface area contributed by atoms with Crippen molar-refractivity contribution in [3.63, 3.8) is 0 Å². The zero-order chi connectivity index (χ0) is 22.7. The Balaban J connectivity index is 1.34. The van der Waals surface area contributed by atoms with Crippen molar-refractivity contribution in [2.45, 2.75) is 27.3 Å². The molecule has 10 nitrogen and oxygen atoms in total. The number of carbonyl (C=O) groups is 1. The smallest absolute Gasteiger partial charge is 0.261 e. The Bertz CT molecular complexity index is 1340. The van der Waals surface area contributed by atoms with Crippen molar-refractivity contribution in [1.82, 2.24) is 34.6 Å². The first-order chi connectivity index (χ1) is 15.4. The highest BCUT2D eigenvalue weighted by Crippen LogP contribution is 2.13. The van der Waals surface area contributed by atoms with Crippen LogP contribution in [0.4, 0.5) is 5.82 Å². The highest BCUT2D eigenvalue weighted by Gasteiger charge is 2.10. The highest BCUT2D eigenvalue weighted by molar-refractivity contribution is 5.78. The molecule has 4 aromatic rings. The quantitative estimate of drug-likeness (QED) is 0.425. The van der Waals surface area contributed by atoms with E-state index in [-0.39, 0.29) is 18.0 Å². The average Bonchev–Trinajstić information content (AvgIpc) is 3.11. The van der Waals surface area contributed by atoms with Gasteiger partial charge in [-0.25, -0.2) is 19.6 Å². The molecule has 3 heterocycles. The number of rotatable bonds is 7. The summed E-state index contributed by atoms with van der Waals surface area (Å²) in [6.07, 6.45) is 1.40. The molecule has 0 unspecified atom stereocenters. The van der Waals surface area contributed by atoms with Crippen molar-refractivity contribution in [2.24, 2.45) is 0 Å². The van der Waals surface area contributed by atoms with E-state index in [9.17, 15) is 9.59 Å². The molecule has 10 heteroatoms. The predicted molar refractivity (Wildman–Crippen MR) is 121 cm³/mol. The Morgan fingerprint density at radius 1 is 1.06 bits per heavy atom. The minimum absolute atomic E-state index is 0.0919. The summed E-state index contributed by atoms with van der Waals surface area (Å²) in [4.78, 5) is 37.8. The molecule has 0 spiro atoms. The molecule has 0 atom stereocenters. The van der Waals surface area contributed by atoms with E-state index in [2.05, 4.69) is 30.7 Å². The van der Waals surface area contributed by atoms with Gasteiger partial charge in [-0.1, -0.05) is 12.1 Å². The lowest BCUT2D eigenvalue weighted by Gasteiger charge is -2.11. The average molecular weight is 432 g/mol. The van der Waals surface area contributed by atoms with Gasteiger partial charge in [0.2, 0.25) is 5.91 Å². The first-order valence-corrected chi connectivity index (χ1v) is 10.2. The van der Waals surface area contributed by atoms with Gasteiger partial charge in [0.05, 0.1) is 22.9 Å². The summed E-state index contributed by atoms with van der Waals surface area (Å²) in [6, 6.07) is 10.9. The van der Waals surface area contributed by atoms with Gasteiger partial charge in [-0.2, -0.15) is 5.10 Å². The maximum atomic E-state index is 12.5. The van der Waals surface area contributed by atoms with Crippen LogP contribution in [0.3, 0.4) is 0 Å². The van der Waals surface area contributed by atoms with E-state index in [0.29, 0.717) is 41.5 Å². The summed E-state index contributed by atoms with van der Waals surface area (Å²) in [6.45, 7) is 6.46. The summed E-state index contributed by atoms with van der Waals surface area (Å²) in [5.74, 6) is 1.67. The number of amides is 1. The molecule has 0 radical (unpaired) electrons. The fourth-order valence-corrected chi connectivity index (χ4v) is 3.43. The van der Waals surface area contributed by atoms with E-state index in [4.69, 9.17) is 0 Å². The lowest BCUT2D eigenvalue weighted by molar-refractivity contribution is -0.121. The Kier molecular flexibility index (Phi) is 5.93. The van der Waals surface area contributed by atoms with Crippen LogP contribution >= 0.6 is 0 Å². The van der Waals surface area contributed by atoms with Crippen LogP contribution in [-0.4, -0.2) is 48.3 Å². The Morgan fingerprint density at radius 2 is 1.88 bits per heavy atom. The molecule has 0 saturated carbocycles. The first kappa shape index (κ1) is 21.2. The van der Waals surface area contributed by atoms with E-state index in [1.54, 1.807) is 22.9 Å². The summed E-state index contributed by atoms with van der Waals surface area (Å²) in [5.41, 5.74) is 2.27. The third kappa shape index (κ3) is 4.64. The number of hydrogen-bond acceptors (Lipinski definition) is 7. The number of benzene rings is 1. The number of anilines is 1. The Labute approximate surface area is 184 Å². The standard InChI is InChI=1S/C22H24N8O2/c1-14-10-15(2)30(28-14)20-11-19(26-16(3)27-20)23-8-9-24-21(31)12-29-13-25-18-7-5-4-6-17(18)22(29)32/h4-7,10-11,13H,8-9,12H2,1-3H3,(H,24,31)(H,23,26,27). The lowest BCUT2D eigenvalue weighted by atomic mass is 10.2. The third-order valence-electron chi connectivity index (χ3n) is 4.85. The normalized spacial score (nSPS) is 11.0. The molecule has 1 aromatic carbocycles. The van der Waals surface area contributed by atoms with Gasteiger partial charge in [0.1, 0.15) is 18.2 Å². The fourth-order valence-electron chi connectivity index (χ4n) is 3.43. The van der Waals surface area contributed by atoms with Gasteiger partial charge in [0, 0.05) is 24.8 Å². The van der Waals surface area contributed by atoms with Crippen molar-refractivity contribution in [3.8, 4) is 5.82 Å². The van der Waals surface area contributed by atoms with Gasteiger partial charge in [-0.3, -0.25) is 14.2 Å². The van der Waals surface area contributed by atoms with Crippen LogP contribution in [0.1, 0.15) is 17.2 Å². The van der Waals surface area contributed by atoms with E-state index in [1.807, 2.05) is 39.0 Å². The number of aryl methyl sites for hydroxylation is 3. The second kappa shape index (κ2) is 8.96. The van der Waals surface area contributed by atoms with Crippen LogP contribution in [-0.2, 0) is 11.3 Å². The maximum Gasteiger partial charge on any atom is 0.261 e. The number of hydrogen-bond donors (Lipinski definition) is 2.